The lowest BCUT2D eigenvalue weighted by atomic mass is 10.2. The topological polar surface area (TPSA) is 69.6 Å². The number of carbonyl (C=O) groups excluding carboxylic acids is 1. The van der Waals surface area contributed by atoms with Gasteiger partial charge in [-0.25, -0.2) is 4.79 Å². The van der Waals surface area contributed by atoms with Crippen molar-refractivity contribution < 1.29 is 14.7 Å². The van der Waals surface area contributed by atoms with Crippen LogP contribution >= 0.6 is 11.3 Å². The molecule has 6 heteroatoms. The molecule has 0 aliphatic carbocycles. The molecule has 0 spiro atoms. The monoisotopic (exact) mass is 298 g/mol. The van der Waals surface area contributed by atoms with Crippen LogP contribution in [0.1, 0.15) is 29.2 Å². The second-order valence-corrected chi connectivity index (χ2v) is 6.23. The molecule has 0 aliphatic rings. The van der Waals surface area contributed by atoms with E-state index in [9.17, 15) is 9.59 Å². The van der Waals surface area contributed by atoms with Crippen molar-refractivity contribution in [3.63, 3.8) is 0 Å². The Bertz CT molecular complexity index is 465. The van der Waals surface area contributed by atoms with Gasteiger partial charge in [0.05, 0.1) is 12.5 Å². The maximum atomic E-state index is 12.0. The standard InChI is InChI=1S/C14H22N2O3S/c1-5-16(8-10(3)13(17)18)14(19)15-7-12-6-9(2)11(4)20-12/h6,10H,5,7-8H2,1-4H3,(H,15,19)(H,17,18). The van der Waals surface area contributed by atoms with Crippen molar-refractivity contribution in [3.05, 3.63) is 21.4 Å². The van der Waals surface area contributed by atoms with E-state index in [-0.39, 0.29) is 12.6 Å². The molecule has 0 saturated heterocycles. The second kappa shape index (κ2) is 7.28. The molecule has 2 amide bonds. The number of rotatable bonds is 6. The van der Waals surface area contributed by atoms with Crippen LogP contribution in [-0.4, -0.2) is 35.1 Å². The van der Waals surface area contributed by atoms with Crippen LogP contribution in [0.15, 0.2) is 6.07 Å². The summed E-state index contributed by atoms with van der Waals surface area (Å²) < 4.78 is 0. The Balaban J connectivity index is 2.53. The van der Waals surface area contributed by atoms with Crippen LogP contribution in [0.25, 0.3) is 0 Å². The first-order chi connectivity index (χ1) is 9.35. The molecule has 20 heavy (non-hydrogen) atoms. The summed E-state index contributed by atoms with van der Waals surface area (Å²) >= 11 is 1.67. The van der Waals surface area contributed by atoms with E-state index in [2.05, 4.69) is 18.3 Å². The molecule has 0 radical (unpaired) electrons. The minimum Gasteiger partial charge on any atom is -0.481 e. The Hall–Kier alpha value is -1.56. The summed E-state index contributed by atoms with van der Waals surface area (Å²) in [6, 6.07) is 1.85. The fourth-order valence-electron chi connectivity index (χ4n) is 1.78. The molecule has 0 fully saturated rings. The van der Waals surface area contributed by atoms with Gasteiger partial charge in [-0.2, -0.15) is 0 Å². The number of nitrogens with zero attached hydrogens (tertiary/aromatic N) is 1. The van der Waals surface area contributed by atoms with E-state index in [1.165, 1.54) is 15.3 Å². The summed E-state index contributed by atoms with van der Waals surface area (Å²) in [5.74, 6) is -1.45. The number of urea groups is 1. The third-order valence-corrected chi connectivity index (χ3v) is 4.37. The fourth-order valence-corrected chi connectivity index (χ4v) is 2.77. The summed E-state index contributed by atoms with van der Waals surface area (Å²) in [7, 11) is 0. The Kier molecular flexibility index (Phi) is 6.01. The summed E-state index contributed by atoms with van der Waals surface area (Å²) in [4.78, 5) is 26.7. The van der Waals surface area contributed by atoms with Crippen LogP contribution < -0.4 is 5.32 Å². The van der Waals surface area contributed by atoms with Crippen molar-refractivity contribution in [2.75, 3.05) is 13.1 Å². The quantitative estimate of drug-likeness (QED) is 0.848. The van der Waals surface area contributed by atoms with Crippen LogP contribution in [0.4, 0.5) is 4.79 Å². The van der Waals surface area contributed by atoms with Crippen LogP contribution in [0.5, 0.6) is 0 Å². The minimum absolute atomic E-state index is 0.218. The number of carboxylic acids is 1. The zero-order valence-electron chi connectivity index (χ0n) is 12.4. The van der Waals surface area contributed by atoms with Crippen LogP contribution in [-0.2, 0) is 11.3 Å². The van der Waals surface area contributed by atoms with Gasteiger partial charge in [0.15, 0.2) is 0 Å². The Morgan fingerprint density at radius 2 is 2.10 bits per heavy atom. The van der Waals surface area contributed by atoms with Crippen molar-refractivity contribution in [2.24, 2.45) is 5.92 Å². The maximum Gasteiger partial charge on any atom is 0.317 e. The lowest BCUT2D eigenvalue weighted by molar-refractivity contribution is -0.141. The number of aryl methyl sites for hydroxylation is 2. The molecule has 5 nitrogen and oxygen atoms in total. The smallest absolute Gasteiger partial charge is 0.317 e. The van der Waals surface area contributed by atoms with E-state index in [1.54, 1.807) is 18.3 Å². The van der Waals surface area contributed by atoms with Gasteiger partial charge in [-0.1, -0.05) is 6.92 Å². The zero-order chi connectivity index (χ0) is 15.3. The Labute approximate surface area is 123 Å². The normalized spacial score (nSPS) is 12.0. The summed E-state index contributed by atoms with van der Waals surface area (Å²) in [5.41, 5.74) is 1.23. The Morgan fingerprint density at radius 3 is 2.55 bits per heavy atom. The molecule has 0 bridgehead atoms. The van der Waals surface area contributed by atoms with Gasteiger partial charge < -0.3 is 15.3 Å². The fraction of sp³-hybridized carbons (Fsp3) is 0.571. The second-order valence-electron chi connectivity index (χ2n) is 4.89. The number of nitrogens with one attached hydrogen (secondary N) is 1. The molecular weight excluding hydrogens is 276 g/mol. The molecule has 1 rings (SSSR count). The molecule has 1 aromatic rings. The highest BCUT2D eigenvalue weighted by molar-refractivity contribution is 7.12. The van der Waals surface area contributed by atoms with Gasteiger partial charge in [-0.05, 0) is 32.4 Å². The van der Waals surface area contributed by atoms with Gasteiger partial charge in [0, 0.05) is 22.8 Å². The molecule has 0 saturated carbocycles. The van der Waals surface area contributed by atoms with Gasteiger partial charge >= 0.3 is 12.0 Å². The Morgan fingerprint density at radius 1 is 1.45 bits per heavy atom. The maximum absolute atomic E-state index is 12.0. The highest BCUT2D eigenvalue weighted by Crippen LogP contribution is 2.20. The highest BCUT2D eigenvalue weighted by Gasteiger charge is 2.19. The first kappa shape index (κ1) is 16.5. The molecule has 0 aromatic carbocycles. The van der Waals surface area contributed by atoms with E-state index >= 15 is 0 Å². The number of hydrogen-bond acceptors (Lipinski definition) is 3. The molecular formula is C14H22N2O3S. The average molecular weight is 298 g/mol. The number of aliphatic carboxylic acids is 1. The van der Waals surface area contributed by atoms with E-state index in [1.807, 2.05) is 13.8 Å². The van der Waals surface area contributed by atoms with Gasteiger partial charge in [-0.15, -0.1) is 11.3 Å². The van der Waals surface area contributed by atoms with Crippen molar-refractivity contribution >= 4 is 23.3 Å². The number of amides is 2. The predicted octanol–water partition coefficient (Wildman–Crippen LogP) is 2.62. The van der Waals surface area contributed by atoms with Gasteiger partial charge in [0.25, 0.3) is 0 Å². The van der Waals surface area contributed by atoms with Crippen LogP contribution in [0.3, 0.4) is 0 Å². The summed E-state index contributed by atoms with van der Waals surface area (Å²) in [6.07, 6.45) is 0. The van der Waals surface area contributed by atoms with E-state index < -0.39 is 11.9 Å². The van der Waals surface area contributed by atoms with E-state index in [4.69, 9.17) is 5.11 Å². The summed E-state index contributed by atoms with van der Waals surface area (Å²) in [6.45, 7) is 8.74. The molecule has 0 aliphatic heterocycles. The molecule has 1 heterocycles. The predicted molar refractivity (Wildman–Crippen MR) is 80.1 cm³/mol. The van der Waals surface area contributed by atoms with Crippen molar-refractivity contribution in [1.82, 2.24) is 10.2 Å². The molecule has 1 aromatic heterocycles. The van der Waals surface area contributed by atoms with Crippen LogP contribution in [0.2, 0.25) is 0 Å². The number of carbonyl (C=O) groups is 2. The minimum atomic E-state index is -0.888. The molecule has 112 valence electrons. The number of hydrogen-bond donors (Lipinski definition) is 2. The molecule has 1 unspecified atom stereocenters. The SMILES string of the molecule is CCN(CC(C)C(=O)O)C(=O)NCc1cc(C)c(C)s1. The van der Waals surface area contributed by atoms with Gasteiger partial charge in [0.2, 0.25) is 0 Å². The molecule has 1 atom stereocenters. The van der Waals surface area contributed by atoms with Crippen molar-refractivity contribution in [3.8, 4) is 0 Å². The van der Waals surface area contributed by atoms with Gasteiger partial charge in [0.1, 0.15) is 0 Å². The summed E-state index contributed by atoms with van der Waals surface area (Å²) in [5, 5.41) is 11.7. The average Bonchev–Trinajstić information content (AvgIpc) is 2.71. The van der Waals surface area contributed by atoms with E-state index in [0.29, 0.717) is 13.1 Å². The lowest BCUT2D eigenvalue weighted by Gasteiger charge is -2.23. The lowest BCUT2D eigenvalue weighted by Crippen LogP contribution is -2.42. The number of thiophene rings is 1. The zero-order valence-corrected chi connectivity index (χ0v) is 13.2. The van der Waals surface area contributed by atoms with Gasteiger partial charge in [-0.3, -0.25) is 4.79 Å². The largest absolute Gasteiger partial charge is 0.481 e. The third kappa shape index (κ3) is 4.52. The highest BCUT2D eigenvalue weighted by atomic mass is 32.1. The van der Waals surface area contributed by atoms with E-state index in [0.717, 1.165) is 4.88 Å². The first-order valence-electron chi connectivity index (χ1n) is 6.66. The van der Waals surface area contributed by atoms with Crippen molar-refractivity contribution in [1.29, 1.82) is 0 Å². The third-order valence-electron chi connectivity index (χ3n) is 3.22. The first-order valence-corrected chi connectivity index (χ1v) is 7.48. The number of carboxylic acid groups (broad SMARTS) is 1. The molecule has 2 N–H and O–H groups in total. The van der Waals surface area contributed by atoms with Crippen molar-refractivity contribution in [2.45, 2.75) is 34.2 Å². The van der Waals surface area contributed by atoms with Crippen LogP contribution in [0, 0.1) is 19.8 Å².